The molecular weight excluding hydrogens is 426 g/mol. The fourth-order valence-electron chi connectivity index (χ4n) is 3.90. The van der Waals surface area contributed by atoms with Crippen LogP contribution in [0.4, 0.5) is 0 Å². The van der Waals surface area contributed by atoms with Crippen LogP contribution in [0.3, 0.4) is 0 Å². The second-order valence-electron chi connectivity index (χ2n) is 7.22. The van der Waals surface area contributed by atoms with Gasteiger partial charge in [0.25, 0.3) is 11.8 Å². The molecule has 0 aliphatic heterocycles. The van der Waals surface area contributed by atoms with Crippen molar-refractivity contribution in [1.29, 1.82) is 0 Å². The second-order valence-corrected chi connectivity index (χ2v) is 8.91. The molecule has 1 atom stereocenters. The maximum atomic E-state index is 13.2. The van der Waals surface area contributed by atoms with Gasteiger partial charge in [-0.2, -0.15) is 0 Å². The molecule has 1 aliphatic carbocycles. The predicted molar refractivity (Wildman–Crippen MR) is 114 cm³/mol. The lowest BCUT2D eigenvalue weighted by atomic mass is 9.99. The zero-order valence-corrected chi connectivity index (χ0v) is 18.0. The lowest BCUT2D eigenvalue weighted by Gasteiger charge is -2.40. The molecule has 2 aromatic heterocycles. The lowest BCUT2D eigenvalue weighted by Crippen LogP contribution is -2.58. The number of amides is 2. The number of likely N-dealkylation sites (N-methyl/N-ethyl adjacent to an activating group) is 1. The molecule has 0 unspecified atom stereocenters. The fourth-order valence-corrected chi connectivity index (χ4v) is 5.02. The van der Waals surface area contributed by atoms with Crippen molar-refractivity contribution in [1.82, 2.24) is 15.2 Å². The molecule has 156 valence electrons. The van der Waals surface area contributed by atoms with Crippen molar-refractivity contribution in [2.75, 3.05) is 13.7 Å². The van der Waals surface area contributed by atoms with Crippen LogP contribution in [0.5, 0.6) is 0 Å². The Balaban J connectivity index is 1.67. The van der Waals surface area contributed by atoms with Crippen molar-refractivity contribution in [2.45, 2.75) is 25.4 Å². The quantitative estimate of drug-likeness (QED) is 0.465. The van der Waals surface area contributed by atoms with E-state index in [1.54, 1.807) is 19.2 Å². The van der Waals surface area contributed by atoms with Crippen LogP contribution in [0.1, 0.15) is 35.0 Å². The first-order chi connectivity index (χ1) is 14.3. The van der Waals surface area contributed by atoms with Crippen LogP contribution in [0.15, 0.2) is 36.4 Å². The van der Waals surface area contributed by atoms with E-state index in [9.17, 15) is 14.4 Å². The SMILES string of the molecule is CC(=O)OCC(=O)N(C)[C@]1(NC(=O)c2cc3cc(Cl)sc3[nH]2)CCc2ccccc21. The molecule has 0 bridgehead atoms. The molecule has 0 radical (unpaired) electrons. The highest BCUT2D eigenvalue weighted by Crippen LogP contribution is 2.39. The van der Waals surface area contributed by atoms with E-state index in [0.29, 0.717) is 22.9 Å². The highest BCUT2D eigenvalue weighted by atomic mass is 35.5. The number of aromatic nitrogens is 1. The molecule has 4 rings (SSSR count). The maximum absolute atomic E-state index is 13.2. The number of thiophene rings is 1. The molecule has 0 saturated carbocycles. The van der Waals surface area contributed by atoms with Crippen LogP contribution in [0.2, 0.25) is 4.34 Å². The van der Waals surface area contributed by atoms with Crippen molar-refractivity contribution >= 4 is 50.9 Å². The number of esters is 1. The minimum atomic E-state index is -1.04. The molecule has 2 N–H and O–H groups in total. The molecule has 9 heteroatoms. The first kappa shape index (κ1) is 20.4. The largest absolute Gasteiger partial charge is 0.456 e. The van der Waals surface area contributed by atoms with Gasteiger partial charge in [0.05, 0.1) is 4.34 Å². The maximum Gasteiger partial charge on any atom is 0.303 e. The number of halogens is 1. The molecule has 7 nitrogen and oxygen atoms in total. The van der Waals surface area contributed by atoms with E-state index in [1.165, 1.54) is 23.2 Å². The molecule has 0 saturated heterocycles. The molecule has 0 fully saturated rings. The number of benzene rings is 1. The summed E-state index contributed by atoms with van der Waals surface area (Å²) in [4.78, 5) is 42.4. The van der Waals surface area contributed by atoms with Gasteiger partial charge < -0.3 is 19.9 Å². The van der Waals surface area contributed by atoms with E-state index in [-0.39, 0.29) is 12.5 Å². The number of rotatable bonds is 5. The summed E-state index contributed by atoms with van der Waals surface area (Å²) in [5.41, 5.74) is 1.26. The highest BCUT2D eigenvalue weighted by Gasteiger charge is 2.45. The molecule has 30 heavy (non-hydrogen) atoms. The summed E-state index contributed by atoms with van der Waals surface area (Å²) in [6.07, 6.45) is 1.22. The number of aromatic amines is 1. The molecule has 3 aromatic rings. The van der Waals surface area contributed by atoms with Crippen LogP contribution in [0, 0.1) is 0 Å². The fraction of sp³-hybridized carbons (Fsp3) is 0.286. The zero-order valence-electron chi connectivity index (χ0n) is 16.5. The van der Waals surface area contributed by atoms with Gasteiger partial charge in [-0.25, -0.2) is 0 Å². The summed E-state index contributed by atoms with van der Waals surface area (Å²) in [6.45, 7) is 0.862. The van der Waals surface area contributed by atoms with E-state index in [2.05, 4.69) is 10.3 Å². The van der Waals surface area contributed by atoms with Crippen LogP contribution in [0.25, 0.3) is 10.2 Å². The van der Waals surface area contributed by atoms with Crippen molar-refractivity contribution in [3.05, 3.63) is 57.6 Å². The first-order valence-electron chi connectivity index (χ1n) is 9.39. The van der Waals surface area contributed by atoms with Gasteiger partial charge in [0.2, 0.25) is 0 Å². The predicted octanol–water partition coefficient (Wildman–Crippen LogP) is 3.43. The zero-order chi connectivity index (χ0) is 21.5. The Morgan fingerprint density at radius 2 is 2.07 bits per heavy atom. The summed E-state index contributed by atoms with van der Waals surface area (Å²) in [5.74, 6) is -1.27. The van der Waals surface area contributed by atoms with E-state index in [4.69, 9.17) is 16.3 Å². The van der Waals surface area contributed by atoms with Crippen molar-refractivity contribution < 1.29 is 19.1 Å². The molecular formula is C21H20ClN3O4S. The van der Waals surface area contributed by atoms with Crippen LogP contribution in [-0.4, -0.2) is 41.3 Å². The summed E-state index contributed by atoms with van der Waals surface area (Å²) < 4.78 is 5.53. The number of carbonyl (C=O) groups excluding carboxylic acids is 3. The normalized spacial score (nSPS) is 17.6. The van der Waals surface area contributed by atoms with Gasteiger partial charge in [0.15, 0.2) is 6.61 Å². The van der Waals surface area contributed by atoms with Gasteiger partial charge in [0.1, 0.15) is 16.2 Å². The summed E-state index contributed by atoms with van der Waals surface area (Å²) in [5, 5.41) is 3.92. The Bertz CT molecular complexity index is 1120. The number of carbonyl (C=O) groups is 3. The van der Waals surface area contributed by atoms with Crippen LogP contribution >= 0.6 is 22.9 Å². The van der Waals surface area contributed by atoms with Crippen LogP contribution < -0.4 is 5.32 Å². The number of ether oxygens (including phenoxy) is 1. The number of hydrogen-bond donors (Lipinski definition) is 2. The number of hydrogen-bond acceptors (Lipinski definition) is 5. The molecule has 2 amide bonds. The smallest absolute Gasteiger partial charge is 0.303 e. The average Bonchev–Trinajstić information content (AvgIpc) is 3.37. The number of H-pyrrole nitrogens is 1. The summed E-state index contributed by atoms with van der Waals surface area (Å²) in [7, 11) is 1.61. The van der Waals surface area contributed by atoms with E-state index in [1.807, 2.05) is 24.3 Å². The van der Waals surface area contributed by atoms with Gasteiger partial charge in [-0.15, -0.1) is 11.3 Å². The van der Waals surface area contributed by atoms with Gasteiger partial charge in [-0.1, -0.05) is 35.9 Å². The number of aryl methyl sites for hydroxylation is 1. The molecule has 1 aromatic carbocycles. The van der Waals surface area contributed by atoms with Crippen molar-refractivity contribution in [3.8, 4) is 0 Å². The minimum Gasteiger partial charge on any atom is -0.456 e. The molecule has 2 heterocycles. The van der Waals surface area contributed by atoms with E-state index in [0.717, 1.165) is 21.3 Å². The third kappa shape index (κ3) is 3.57. The molecule has 1 aliphatic rings. The minimum absolute atomic E-state index is 0.335. The van der Waals surface area contributed by atoms with Crippen molar-refractivity contribution in [2.24, 2.45) is 0 Å². The monoisotopic (exact) mass is 445 g/mol. The van der Waals surface area contributed by atoms with E-state index >= 15 is 0 Å². The Morgan fingerprint density at radius 3 is 2.80 bits per heavy atom. The number of fused-ring (bicyclic) bond motifs is 2. The Labute approximate surface area is 182 Å². The highest BCUT2D eigenvalue weighted by molar-refractivity contribution is 7.22. The van der Waals surface area contributed by atoms with Crippen molar-refractivity contribution in [3.63, 3.8) is 0 Å². The Morgan fingerprint density at radius 1 is 1.30 bits per heavy atom. The Kier molecular flexibility index (Phi) is 5.29. The van der Waals surface area contributed by atoms with Gasteiger partial charge >= 0.3 is 5.97 Å². The van der Waals surface area contributed by atoms with Gasteiger partial charge in [-0.3, -0.25) is 14.4 Å². The number of nitrogens with zero attached hydrogens (tertiary/aromatic N) is 1. The number of nitrogens with one attached hydrogen (secondary N) is 2. The van der Waals surface area contributed by atoms with Gasteiger partial charge in [-0.05, 0) is 30.5 Å². The first-order valence-corrected chi connectivity index (χ1v) is 10.6. The standard InChI is InChI=1S/C21H20ClN3O4S/c1-12(26)29-11-18(27)25(2)21(8-7-13-5-3-4-6-15(13)21)24-19(28)16-9-14-10-17(22)30-20(14)23-16/h3-6,9-10,23H,7-8,11H2,1-2H3,(H,24,28)/t21-/m1/s1. The summed E-state index contributed by atoms with van der Waals surface area (Å²) >= 11 is 7.38. The van der Waals surface area contributed by atoms with Gasteiger partial charge in [0, 0.05) is 24.9 Å². The third-order valence-electron chi connectivity index (χ3n) is 5.41. The van der Waals surface area contributed by atoms with Crippen LogP contribution in [-0.2, 0) is 26.4 Å². The second kappa shape index (κ2) is 7.77. The Hall–Kier alpha value is -2.84. The average molecular weight is 446 g/mol. The lowest BCUT2D eigenvalue weighted by molar-refractivity contribution is -0.153. The molecule has 0 spiro atoms. The third-order valence-corrected chi connectivity index (χ3v) is 6.60. The summed E-state index contributed by atoms with van der Waals surface area (Å²) in [6, 6.07) is 11.2. The topological polar surface area (TPSA) is 91.5 Å². The van der Waals surface area contributed by atoms with E-state index < -0.39 is 17.5 Å².